The van der Waals surface area contributed by atoms with E-state index in [1.807, 2.05) is 18.2 Å². The van der Waals surface area contributed by atoms with Gasteiger partial charge in [0.1, 0.15) is 0 Å². The van der Waals surface area contributed by atoms with Crippen molar-refractivity contribution in [3.63, 3.8) is 0 Å². The molecule has 6 aromatic rings. The van der Waals surface area contributed by atoms with Crippen molar-refractivity contribution in [2.45, 2.75) is 0 Å². The van der Waals surface area contributed by atoms with E-state index in [4.69, 9.17) is 16.6 Å². The first-order valence-corrected chi connectivity index (χ1v) is 11.2. The molecule has 0 N–H and O–H groups in total. The van der Waals surface area contributed by atoms with Crippen LogP contribution in [0.5, 0.6) is 0 Å². The lowest BCUT2D eigenvalue weighted by Crippen LogP contribution is -1.97. The smallest absolute Gasteiger partial charge is 0.208 e. The van der Waals surface area contributed by atoms with E-state index in [0.29, 0.717) is 11.6 Å². The molecule has 154 valence electrons. The highest BCUT2D eigenvalue weighted by Crippen LogP contribution is 2.48. The van der Waals surface area contributed by atoms with Crippen molar-refractivity contribution >= 4 is 33.1 Å². The number of benzene rings is 5. The molecule has 0 aliphatic heterocycles. The maximum absolute atomic E-state index is 6.36. The maximum atomic E-state index is 6.36. The molecule has 0 saturated heterocycles. The molecule has 4 heteroatoms. The van der Waals surface area contributed by atoms with Crippen molar-refractivity contribution in [1.82, 2.24) is 15.0 Å². The average molecular weight is 442 g/mol. The molecule has 1 aliphatic carbocycles. The van der Waals surface area contributed by atoms with Gasteiger partial charge in [-0.1, -0.05) is 84.9 Å². The van der Waals surface area contributed by atoms with Crippen LogP contribution in [-0.2, 0) is 0 Å². The van der Waals surface area contributed by atoms with Crippen molar-refractivity contribution < 1.29 is 0 Å². The van der Waals surface area contributed by atoms with E-state index in [1.54, 1.807) is 0 Å². The summed E-state index contributed by atoms with van der Waals surface area (Å²) in [5.74, 6) is 1.14. The minimum Gasteiger partial charge on any atom is -0.208 e. The first kappa shape index (κ1) is 18.5. The monoisotopic (exact) mass is 441 g/mol. The van der Waals surface area contributed by atoms with Gasteiger partial charge in [0, 0.05) is 11.1 Å². The molecule has 0 atom stereocenters. The zero-order chi connectivity index (χ0) is 21.9. The molecule has 0 bridgehead atoms. The Hall–Kier alpha value is -4.08. The zero-order valence-corrected chi connectivity index (χ0v) is 18.2. The fourth-order valence-corrected chi connectivity index (χ4v) is 5.03. The topological polar surface area (TPSA) is 38.7 Å². The Morgan fingerprint density at radius 3 is 1.88 bits per heavy atom. The summed E-state index contributed by atoms with van der Waals surface area (Å²) in [6.07, 6.45) is 0. The molecule has 0 spiro atoms. The Bertz CT molecular complexity index is 1730. The van der Waals surface area contributed by atoms with Crippen LogP contribution < -0.4 is 0 Å². The predicted octanol–water partition coefficient (Wildman–Crippen LogP) is 7.81. The number of fused-ring (bicyclic) bond motifs is 4. The van der Waals surface area contributed by atoms with Crippen LogP contribution in [0.4, 0.5) is 0 Å². The molecular formula is C29H16ClN3. The second-order valence-corrected chi connectivity index (χ2v) is 8.62. The highest BCUT2D eigenvalue weighted by atomic mass is 35.5. The third-order valence-electron chi connectivity index (χ3n) is 6.38. The van der Waals surface area contributed by atoms with E-state index in [1.165, 1.54) is 38.4 Å². The summed E-state index contributed by atoms with van der Waals surface area (Å²) < 4.78 is 0. The summed E-state index contributed by atoms with van der Waals surface area (Å²) >= 11 is 6.36. The molecule has 33 heavy (non-hydrogen) atoms. The largest absolute Gasteiger partial charge is 0.226 e. The molecule has 0 saturated carbocycles. The molecule has 0 fully saturated rings. The molecule has 1 aromatic heterocycles. The standard InChI is InChI=1S/C29H16ClN3/c30-29-32-27(20-12-11-17-5-1-2-6-19(17)15-20)31-28(33-29)21-13-14-22-23-9-3-7-18-8-4-10-24(26(18)23)25(22)16-21/h1-16H. The fraction of sp³-hybridized carbons (Fsp3) is 0. The Morgan fingerprint density at radius 1 is 0.455 bits per heavy atom. The Kier molecular flexibility index (Phi) is 3.90. The molecule has 7 rings (SSSR count). The van der Waals surface area contributed by atoms with Crippen LogP contribution in [0, 0.1) is 0 Å². The molecule has 0 unspecified atom stereocenters. The first-order chi connectivity index (χ1) is 16.2. The van der Waals surface area contributed by atoms with Gasteiger partial charge in [-0.15, -0.1) is 0 Å². The molecule has 0 radical (unpaired) electrons. The summed E-state index contributed by atoms with van der Waals surface area (Å²) in [6.45, 7) is 0. The van der Waals surface area contributed by atoms with Crippen LogP contribution >= 0.6 is 11.6 Å². The zero-order valence-electron chi connectivity index (χ0n) is 17.5. The molecule has 0 amide bonds. The van der Waals surface area contributed by atoms with E-state index in [2.05, 4.69) is 88.8 Å². The highest BCUT2D eigenvalue weighted by molar-refractivity contribution is 6.28. The highest BCUT2D eigenvalue weighted by Gasteiger charge is 2.22. The number of rotatable bonds is 2. The summed E-state index contributed by atoms with van der Waals surface area (Å²) in [5, 5.41) is 5.06. The van der Waals surface area contributed by atoms with Gasteiger partial charge in [0.15, 0.2) is 11.6 Å². The molecule has 1 aliphatic rings. The molecule has 5 aromatic carbocycles. The Labute approximate surface area is 195 Å². The van der Waals surface area contributed by atoms with Crippen LogP contribution in [0.15, 0.2) is 97.1 Å². The Balaban J connectivity index is 1.38. The summed E-state index contributed by atoms with van der Waals surface area (Å²) in [5.41, 5.74) is 6.79. The van der Waals surface area contributed by atoms with Gasteiger partial charge in [-0.3, -0.25) is 0 Å². The first-order valence-electron chi connectivity index (χ1n) is 10.8. The molecule has 1 heterocycles. The number of hydrogen-bond acceptors (Lipinski definition) is 3. The third kappa shape index (κ3) is 2.86. The van der Waals surface area contributed by atoms with Gasteiger partial charge in [-0.25, -0.2) is 4.98 Å². The van der Waals surface area contributed by atoms with Crippen LogP contribution in [0.25, 0.3) is 66.6 Å². The van der Waals surface area contributed by atoms with Gasteiger partial charge in [-0.2, -0.15) is 9.97 Å². The van der Waals surface area contributed by atoms with Crippen LogP contribution in [0.2, 0.25) is 5.28 Å². The molecular weight excluding hydrogens is 426 g/mol. The second kappa shape index (κ2) is 6.96. The van der Waals surface area contributed by atoms with E-state index in [9.17, 15) is 0 Å². The summed E-state index contributed by atoms with van der Waals surface area (Å²) in [4.78, 5) is 13.7. The molecule has 3 nitrogen and oxygen atoms in total. The Morgan fingerprint density at radius 2 is 1.09 bits per heavy atom. The van der Waals surface area contributed by atoms with Gasteiger partial charge in [0.2, 0.25) is 5.28 Å². The van der Waals surface area contributed by atoms with Gasteiger partial charge in [-0.05, 0) is 67.5 Å². The minimum absolute atomic E-state index is 0.189. The van der Waals surface area contributed by atoms with Crippen LogP contribution in [0.1, 0.15) is 0 Å². The second-order valence-electron chi connectivity index (χ2n) is 8.28. The average Bonchev–Trinajstić information content (AvgIpc) is 3.18. The summed E-state index contributed by atoms with van der Waals surface area (Å²) in [7, 11) is 0. The SMILES string of the molecule is Clc1nc(-c2ccc3c(c2)-c2cccc4cccc-3c24)nc(-c2ccc3ccccc3c2)n1. The van der Waals surface area contributed by atoms with E-state index >= 15 is 0 Å². The summed E-state index contributed by atoms with van der Waals surface area (Å²) in [6, 6.07) is 33.8. The van der Waals surface area contributed by atoms with E-state index in [-0.39, 0.29) is 5.28 Å². The van der Waals surface area contributed by atoms with Crippen LogP contribution in [0.3, 0.4) is 0 Å². The van der Waals surface area contributed by atoms with E-state index in [0.717, 1.165) is 16.5 Å². The van der Waals surface area contributed by atoms with E-state index < -0.39 is 0 Å². The lowest BCUT2D eigenvalue weighted by atomic mass is 10.0. The maximum Gasteiger partial charge on any atom is 0.226 e. The minimum atomic E-state index is 0.189. The van der Waals surface area contributed by atoms with Gasteiger partial charge in [0.05, 0.1) is 0 Å². The number of aromatic nitrogens is 3. The fourth-order valence-electron chi connectivity index (χ4n) is 4.87. The van der Waals surface area contributed by atoms with Crippen molar-refractivity contribution in [3.8, 4) is 45.0 Å². The van der Waals surface area contributed by atoms with Crippen molar-refractivity contribution in [2.24, 2.45) is 0 Å². The van der Waals surface area contributed by atoms with Crippen molar-refractivity contribution in [1.29, 1.82) is 0 Å². The predicted molar refractivity (Wildman–Crippen MR) is 135 cm³/mol. The normalized spacial score (nSPS) is 11.8. The quantitative estimate of drug-likeness (QED) is 0.274. The number of halogens is 1. The van der Waals surface area contributed by atoms with Crippen molar-refractivity contribution in [2.75, 3.05) is 0 Å². The van der Waals surface area contributed by atoms with Gasteiger partial charge < -0.3 is 0 Å². The van der Waals surface area contributed by atoms with Crippen molar-refractivity contribution in [3.05, 3.63) is 102 Å². The number of hydrogen-bond donors (Lipinski definition) is 0. The number of nitrogens with zero attached hydrogens (tertiary/aromatic N) is 3. The van der Waals surface area contributed by atoms with Crippen LogP contribution in [-0.4, -0.2) is 15.0 Å². The van der Waals surface area contributed by atoms with Gasteiger partial charge >= 0.3 is 0 Å². The lowest BCUT2D eigenvalue weighted by Gasteiger charge is -2.08. The lowest BCUT2D eigenvalue weighted by molar-refractivity contribution is 1.07. The third-order valence-corrected chi connectivity index (χ3v) is 6.55. The van der Waals surface area contributed by atoms with Gasteiger partial charge in [0.25, 0.3) is 0 Å².